The largest absolute Gasteiger partial charge is 0.366 e. The minimum atomic E-state index is -0.317. The van der Waals surface area contributed by atoms with Crippen LogP contribution < -0.4 is 5.73 Å². The molecular weight excluding hydrogens is 182 g/mol. The van der Waals surface area contributed by atoms with Crippen LogP contribution in [0.15, 0.2) is 17.5 Å². The summed E-state index contributed by atoms with van der Waals surface area (Å²) in [6, 6.07) is 4.09. The van der Waals surface area contributed by atoms with Gasteiger partial charge in [-0.3, -0.25) is 0 Å². The van der Waals surface area contributed by atoms with Gasteiger partial charge in [0, 0.05) is 11.4 Å². The van der Waals surface area contributed by atoms with Crippen LogP contribution in [0.3, 0.4) is 0 Å². The lowest BCUT2D eigenvalue weighted by Crippen LogP contribution is -2.36. The van der Waals surface area contributed by atoms with Crippen LogP contribution in [0.4, 0.5) is 0 Å². The summed E-state index contributed by atoms with van der Waals surface area (Å²) in [7, 11) is 0. The van der Waals surface area contributed by atoms with Crippen LogP contribution in [-0.4, -0.2) is 12.6 Å². The highest BCUT2D eigenvalue weighted by Gasteiger charge is 2.27. The molecule has 0 saturated heterocycles. The molecule has 0 spiro atoms. The summed E-state index contributed by atoms with van der Waals surface area (Å²) in [4.78, 5) is 1.20. The second-order valence-electron chi connectivity index (χ2n) is 3.58. The molecule has 0 bridgehead atoms. The first-order valence-electron chi connectivity index (χ1n) is 4.50. The monoisotopic (exact) mass is 199 g/mol. The number of hydrogen-bond acceptors (Lipinski definition) is 3. The highest BCUT2D eigenvalue weighted by atomic mass is 32.1. The molecule has 74 valence electrons. The third-order valence-electron chi connectivity index (χ3n) is 1.93. The lowest BCUT2D eigenvalue weighted by Gasteiger charge is -2.29. The molecule has 13 heavy (non-hydrogen) atoms. The average Bonchev–Trinajstić information content (AvgIpc) is 2.55. The van der Waals surface area contributed by atoms with Crippen molar-refractivity contribution in [2.24, 2.45) is 5.73 Å². The van der Waals surface area contributed by atoms with Gasteiger partial charge in [-0.1, -0.05) is 6.07 Å². The van der Waals surface area contributed by atoms with E-state index < -0.39 is 0 Å². The van der Waals surface area contributed by atoms with Crippen LogP contribution >= 0.6 is 11.3 Å². The fraction of sp³-hybridized carbons (Fsp3) is 0.600. The van der Waals surface area contributed by atoms with E-state index in [9.17, 15) is 0 Å². The van der Waals surface area contributed by atoms with Crippen LogP contribution in [-0.2, 0) is 10.3 Å². The summed E-state index contributed by atoms with van der Waals surface area (Å²) in [5, 5.41) is 2.05. The van der Waals surface area contributed by atoms with E-state index in [1.807, 2.05) is 32.2 Å². The second kappa shape index (κ2) is 4.22. The van der Waals surface area contributed by atoms with Crippen LogP contribution in [0, 0.1) is 0 Å². The van der Waals surface area contributed by atoms with Gasteiger partial charge in [-0.25, -0.2) is 0 Å². The molecule has 0 aromatic carbocycles. The minimum Gasteiger partial charge on any atom is -0.366 e. The van der Waals surface area contributed by atoms with E-state index in [0.29, 0.717) is 6.54 Å². The highest BCUT2D eigenvalue weighted by molar-refractivity contribution is 7.10. The third-order valence-corrected chi connectivity index (χ3v) is 3.04. The summed E-state index contributed by atoms with van der Waals surface area (Å²) >= 11 is 1.69. The molecule has 3 heteroatoms. The Bertz CT molecular complexity index is 245. The van der Waals surface area contributed by atoms with Gasteiger partial charge in [-0.05, 0) is 32.2 Å². The molecule has 1 unspecified atom stereocenters. The molecule has 1 aromatic heterocycles. The van der Waals surface area contributed by atoms with Gasteiger partial charge >= 0.3 is 0 Å². The molecule has 0 radical (unpaired) electrons. The normalized spacial score (nSPS) is 16.1. The van der Waals surface area contributed by atoms with Crippen molar-refractivity contribution in [3.63, 3.8) is 0 Å². The molecule has 0 aliphatic rings. The van der Waals surface area contributed by atoms with Crippen LogP contribution in [0.2, 0.25) is 0 Å². The van der Waals surface area contributed by atoms with Gasteiger partial charge in [0.1, 0.15) is 5.60 Å². The topological polar surface area (TPSA) is 35.2 Å². The maximum Gasteiger partial charge on any atom is 0.112 e. The second-order valence-corrected chi connectivity index (χ2v) is 4.53. The van der Waals surface area contributed by atoms with Crippen molar-refractivity contribution in [1.82, 2.24) is 0 Å². The van der Waals surface area contributed by atoms with Gasteiger partial charge in [0.25, 0.3) is 0 Å². The van der Waals surface area contributed by atoms with Gasteiger partial charge in [0.2, 0.25) is 0 Å². The van der Waals surface area contributed by atoms with Crippen molar-refractivity contribution in [3.8, 4) is 0 Å². The van der Waals surface area contributed by atoms with Crippen molar-refractivity contribution in [3.05, 3.63) is 22.4 Å². The number of rotatable bonds is 4. The number of thiophene rings is 1. The Balaban J connectivity index is 2.81. The molecular formula is C10H17NOS. The molecule has 1 aromatic rings. The van der Waals surface area contributed by atoms with E-state index in [4.69, 9.17) is 10.5 Å². The third kappa shape index (κ3) is 2.53. The first-order chi connectivity index (χ1) is 6.08. The molecule has 1 rings (SSSR count). The molecule has 0 saturated carbocycles. The molecule has 2 nitrogen and oxygen atoms in total. The van der Waals surface area contributed by atoms with Gasteiger partial charge in [0.15, 0.2) is 0 Å². The first-order valence-corrected chi connectivity index (χ1v) is 5.38. The summed E-state index contributed by atoms with van der Waals surface area (Å²) in [6.07, 6.45) is 0.204. The molecule has 1 atom stereocenters. The van der Waals surface area contributed by atoms with E-state index >= 15 is 0 Å². The highest BCUT2D eigenvalue weighted by Crippen LogP contribution is 2.29. The van der Waals surface area contributed by atoms with Crippen LogP contribution in [0.1, 0.15) is 25.6 Å². The number of ether oxygens (including phenoxy) is 1. The smallest absolute Gasteiger partial charge is 0.112 e. The Morgan fingerprint density at radius 1 is 1.62 bits per heavy atom. The SMILES string of the molecule is CC(C)OC(C)(CN)c1cccs1. The Morgan fingerprint density at radius 2 is 2.31 bits per heavy atom. The van der Waals surface area contributed by atoms with E-state index in [1.54, 1.807) is 11.3 Å². The Kier molecular flexibility index (Phi) is 3.47. The lowest BCUT2D eigenvalue weighted by atomic mass is 10.1. The predicted octanol–water partition coefficient (Wildman–Crippen LogP) is 2.35. The van der Waals surface area contributed by atoms with Gasteiger partial charge in [-0.2, -0.15) is 0 Å². The quantitative estimate of drug-likeness (QED) is 0.808. The number of nitrogens with two attached hydrogens (primary N) is 1. The standard InChI is InChI=1S/C10H17NOS/c1-8(2)12-10(3,7-11)9-5-4-6-13-9/h4-6,8H,7,11H2,1-3H3. The zero-order chi connectivity index (χ0) is 9.90. The van der Waals surface area contributed by atoms with Gasteiger partial charge in [-0.15, -0.1) is 11.3 Å². The lowest BCUT2D eigenvalue weighted by molar-refractivity contribution is -0.0641. The number of hydrogen-bond donors (Lipinski definition) is 1. The molecule has 0 fully saturated rings. The van der Waals surface area contributed by atoms with Crippen molar-refractivity contribution in [2.45, 2.75) is 32.5 Å². The summed E-state index contributed by atoms with van der Waals surface area (Å²) < 4.78 is 5.82. The minimum absolute atomic E-state index is 0.204. The Labute approximate surface area is 83.7 Å². The molecule has 2 N–H and O–H groups in total. The van der Waals surface area contributed by atoms with E-state index in [0.717, 1.165) is 0 Å². The average molecular weight is 199 g/mol. The first kappa shape index (κ1) is 10.7. The fourth-order valence-electron chi connectivity index (χ4n) is 1.31. The molecule has 1 heterocycles. The molecule has 0 aliphatic carbocycles. The van der Waals surface area contributed by atoms with Crippen molar-refractivity contribution in [1.29, 1.82) is 0 Å². The van der Waals surface area contributed by atoms with Gasteiger partial charge in [0.05, 0.1) is 6.10 Å². The predicted molar refractivity (Wildman–Crippen MR) is 56.9 cm³/mol. The Hall–Kier alpha value is -0.380. The van der Waals surface area contributed by atoms with Crippen LogP contribution in [0.5, 0.6) is 0 Å². The summed E-state index contributed by atoms with van der Waals surface area (Å²) in [6.45, 7) is 6.62. The van der Waals surface area contributed by atoms with E-state index in [2.05, 4.69) is 6.07 Å². The summed E-state index contributed by atoms with van der Waals surface area (Å²) in [5.74, 6) is 0. The van der Waals surface area contributed by atoms with Crippen LogP contribution in [0.25, 0.3) is 0 Å². The molecule has 0 aliphatic heterocycles. The van der Waals surface area contributed by atoms with Crippen molar-refractivity contribution in [2.75, 3.05) is 6.54 Å². The van der Waals surface area contributed by atoms with Gasteiger partial charge < -0.3 is 10.5 Å². The zero-order valence-electron chi connectivity index (χ0n) is 8.41. The fourth-order valence-corrected chi connectivity index (χ4v) is 2.15. The van der Waals surface area contributed by atoms with E-state index in [1.165, 1.54) is 4.88 Å². The maximum atomic E-state index is 5.82. The summed E-state index contributed by atoms with van der Waals surface area (Å²) in [5.41, 5.74) is 5.41. The van der Waals surface area contributed by atoms with Crippen molar-refractivity contribution >= 4 is 11.3 Å². The Morgan fingerprint density at radius 3 is 2.69 bits per heavy atom. The van der Waals surface area contributed by atoms with E-state index in [-0.39, 0.29) is 11.7 Å². The molecule has 0 amide bonds. The maximum absolute atomic E-state index is 5.82. The van der Waals surface area contributed by atoms with Crippen molar-refractivity contribution < 1.29 is 4.74 Å². The zero-order valence-corrected chi connectivity index (χ0v) is 9.23.